The molecule has 21 heavy (non-hydrogen) atoms. The van der Waals surface area contributed by atoms with E-state index in [2.05, 4.69) is 4.98 Å². The first kappa shape index (κ1) is 14.3. The molecule has 0 N–H and O–H groups in total. The zero-order valence-corrected chi connectivity index (χ0v) is 12.0. The maximum absolute atomic E-state index is 12.9. The van der Waals surface area contributed by atoms with Crippen LogP contribution in [0.25, 0.3) is 0 Å². The van der Waals surface area contributed by atoms with E-state index in [0.717, 1.165) is 25.9 Å². The summed E-state index contributed by atoms with van der Waals surface area (Å²) >= 11 is 0. The smallest absolute Gasteiger partial charge is 0.253 e. The van der Waals surface area contributed by atoms with Crippen molar-refractivity contribution >= 4 is 11.7 Å². The van der Waals surface area contributed by atoms with Crippen LogP contribution in [-0.4, -0.2) is 54.7 Å². The Morgan fingerprint density at radius 2 is 2.05 bits per heavy atom. The molecule has 2 aliphatic heterocycles. The van der Waals surface area contributed by atoms with Crippen molar-refractivity contribution in [1.82, 2.24) is 9.88 Å². The molecule has 1 aromatic rings. The van der Waals surface area contributed by atoms with Crippen LogP contribution in [0.2, 0.25) is 0 Å². The van der Waals surface area contributed by atoms with Crippen LogP contribution in [0.3, 0.4) is 0 Å². The summed E-state index contributed by atoms with van der Waals surface area (Å²) in [4.78, 5) is 20.4. The Morgan fingerprint density at radius 3 is 2.76 bits per heavy atom. The Labute approximate surface area is 123 Å². The van der Waals surface area contributed by atoms with E-state index in [1.54, 1.807) is 6.07 Å². The Hall–Kier alpha value is -1.69. The van der Waals surface area contributed by atoms with Gasteiger partial charge in [-0.25, -0.2) is 9.37 Å². The van der Waals surface area contributed by atoms with Crippen molar-refractivity contribution in [3.8, 4) is 0 Å². The zero-order valence-electron chi connectivity index (χ0n) is 12.0. The Bertz CT molecular complexity index is 488. The number of pyridine rings is 1. The van der Waals surface area contributed by atoms with Gasteiger partial charge in [0.15, 0.2) is 6.10 Å². The number of likely N-dealkylation sites (tertiary alicyclic amines) is 1. The predicted molar refractivity (Wildman–Crippen MR) is 76.6 cm³/mol. The molecule has 0 bridgehead atoms. The van der Waals surface area contributed by atoms with Gasteiger partial charge in [-0.05, 0) is 31.4 Å². The lowest BCUT2D eigenvalue weighted by atomic mass is 10.1. The van der Waals surface area contributed by atoms with Gasteiger partial charge in [-0.3, -0.25) is 4.79 Å². The van der Waals surface area contributed by atoms with E-state index in [9.17, 15) is 9.18 Å². The number of nitrogens with zero attached hydrogens (tertiary/aromatic N) is 3. The Kier molecular flexibility index (Phi) is 4.34. The molecule has 0 spiro atoms. The van der Waals surface area contributed by atoms with Crippen molar-refractivity contribution in [1.29, 1.82) is 0 Å². The maximum atomic E-state index is 12.9. The van der Waals surface area contributed by atoms with Gasteiger partial charge in [0.25, 0.3) is 5.91 Å². The lowest BCUT2D eigenvalue weighted by Gasteiger charge is -2.36. The van der Waals surface area contributed by atoms with E-state index < -0.39 is 6.10 Å². The summed E-state index contributed by atoms with van der Waals surface area (Å²) in [5.74, 6) is 0.408. The zero-order chi connectivity index (χ0) is 14.7. The maximum Gasteiger partial charge on any atom is 0.253 e. The molecule has 3 rings (SSSR count). The summed E-state index contributed by atoms with van der Waals surface area (Å²) in [5, 5.41) is 0. The highest BCUT2D eigenvalue weighted by molar-refractivity contribution is 5.82. The number of carbonyl (C=O) groups is 1. The number of hydrogen-bond acceptors (Lipinski definition) is 4. The minimum Gasteiger partial charge on any atom is -0.365 e. The topological polar surface area (TPSA) is 45.7 Å². The third-order valence-electron chi connectivity index (χ3n) is 4.05. The average Bonchev–Trinajstić information content (AvgIpc) is 2.56. The molecule has 3 heterocycles. The SMILES string of the molecule is O=C(C1CN(c2ccc(F)cn2)CCO1)N1CCCCC1. The number of hydrogen-bond donors (Lipinski definition) is 0. The third kappa shape index (κ3) is 3.32. The molecular formula is C15H20FN3O2. The number of halogens is 1. The van der Waals surface area contributed by atoms with Crippen molar-refractivity contribution < 1.29 is 13.9 Å². The Morgan fingerprint density at radius 1 is 1.24 bits per heavy atom. The lowest BCUT2D eigenvalue weighted by molar-refractivity contribution is -0.145. The first-order chi connectivity index (χ1) is 10.2. The fraction of sp³-hybridized carbons (Fsp3) is 0.600. The number of rotatable bonds is 2. The summed E-state index contributed by atoms with van der Waals surface area (Å²) in [6.07, 6.45) is 4.10. The number of anilines is 1. The summed E-state index contributed by atoms with van der Waals surface area (Å²) in [7, 11) is 0. The first-order valence-electron chi connectivity index (χ1n) is 7.51. The van der Waals surface area contributed by atoms with Gasteiger partial charge < -0.3 is 14.5 Å². The molecule has 6 heteroatoms. The molecule has 2 fully saturated rings. The normalized spacial score (nSPS) is 23.2. The molecule has 0 saturated carbocycles. The molecule has 114 valence electrons. The highest BCUT2D eigenvalue weighted by Crippen LogP contribution is 2.18. The highest BCUT2D eigenvalue weighted by atomic mass is 19.1. The summed E-state index contributed by atoms with van der Waals surface area (Å²) in [6.45, 7) is 3.29. The fourth-order valence-corrected chi connectivity index (χ4v) is 2.88. The molecule has 0 aromatic carbocycles. The second kappa shape index (κ2) is 6.39. The summed E-state index contributed by atoms with van der Waals surface area (Å²) in [5.41, 5.74) is 0. The van der Waals surface area contributed by atoms with Crippen molar-refractivity contribution in [2.75, 3.05) is 37.7 Å². The van der Waals surface area contributed by atoms with Crippen LogP contribution in [0.4, 0.5) is 10.2 Å². The fourth-order valence-electron chi connectivity index (χ4n) is 2.88. The van der Waals surface area contributed by atoms with Gasteiger partial charge in [0.2, 0.25) is 0 Å². The summed E-state index contributed by atoms with van der Waals surface area (Å²) < 4.78 is 18.6. The van der Waals surface area contributed by atoms with Crippen molar-refractivity contribution in [3.63, 3.8) is 0 Å². The second-order valence-corrected chi connectivity index (χ2v) is 5.53. The predicted octanol–water partition coefficient (Wildman–Crippen LogP) is 1.44. The minimum absolute atomic E-state index is 0.0708. The molecule has 0 aliphatic carbocycles. The standard InChI is InChI=1S/C15H20FN3O2/c16-12-4-5-14(17-10-12)19-8-9-21-13(11-19)15(20)18-6-2-1-3-7-18/h4-5,10,13H,1-3,6-9,11H2. The van der Waals surface area contributed by atoms with Crippen molar-refractivity contribution in [3.05, 3.63) is 24.1 Å². The second-order valence-electron chi connectivity index (χ2n) is 5.53. The van der Waals surface area contributed by atoms with Gasteiger partial charge in [-0.2, -0.15) is 0 Å². The monoisotopic (exact) mass is 293 g/mol. The first-order valence-corrected chi connectivity index (χ1v) is 7.51. The summed E-state index contributed by atoms with van der Waals surface area (Å²) in [6, 6.07) is 3.03. The van der Waals surface area contributed by atoms with Gasteiger partial charge in [0, 0.05) is 19.6 Å². The molecule has 2 saturated heterocycles. The van der Waals surface area contributed by atoms with Gasteiger partial charge in [0.1, 0.15) is 11.6 Å². The molecule has 1 aromatic heterocycles. The van der Waals surface area contributed by atoms with E-state index in [-0.39, 0.29) is 11.7 Å². The molecule has 5 nitrogen and oxygen atoms in total. The van der Waals surface area contributed by atoms with Gasteiger partial charge in [-0.1, -0.05) is 0 Å². The van der Waals surface area contributed by atoms with E-state index in [4.69, 9.17) is 4.74 Å². The number of amides is 1. The van der Waals surface area contributed by atoms with Crippen LogP contribution < -0.4 is 4.90 Å². The highest BCUT2D eigenvalue weighted by Gasteiger charge is 2.31. The van der Waals surface area contributed by atoms with E-state index in [1.165, 1.54) is 18.7 Å². The molecular weight excluding hydrogens is 273 g/mol. The van der Waals surface area contributed by atoms with Crippen LogP contribution in [0.5, 0.6) is 0 Å². The molecule has 0 radical (unpaired) electrons. The van der Waals surface area contributed by atoms with Crippen molar-refractivity contribution in [2.24, 2.45) is 0 Å². The number of piperidine rings is 1. The van der Waals surface area contributed by atoms with E-state index in [1.807, 2.05) is 9.80 Å². The van der Waals surface area contributed by atoms with Crippen molar-refractivity contribution in [2.45, 2.75) is 25.4 Å². The van der Waals surface area contributed by atoms with Gasteiger partial charge in [-0.15, -0.1) is 0 Å². The third-order valence-corrected chi connectivity index (χ3v) is 4.05. The molecule has 2 aliphatic rings. The van der Waals surface area contributed by atoms with Crippen LogP contribution in [0.1, 0.15) is 19.3 Å². The number of aromatic nitrogens is 1. The molecule has 1 amide bonds. The minimum atomic E-state index is -0.441. The van der Waals surface area contributed by atoms with E-state index >= 15 is 0 Å². The van der Waals surface area contributed by atoms with Crippen LogP contribution in [0, 0.1) is 5.82 Å². The van der Waals surface area contributed by atoms with E-state index in [0.29, 0.717) is 25.5 Å². The number of morpholine rings is 1. The lowest BCUT2D eigenvalue weighted by Crippen LogP contribution is -2.52. The molecule has 1 unspecified atom stereocenters. The van der Waals surface area contributed by atoms with Crippen LogP contribution in [0.15, 0.2) is 18.3 Å². The number of carbonyl (C=O) groups excluding carboxylic acids is 1. The van der Waals surface area contributed by atoms with Crippen LogP contribution in [-0.2, 0) is 9.53 Å². The Balaban J connectivity index is 1.64. The largest absolute Gasteiger partial charge is 0.365 e. The molecule has 1 atom stereocenters. The van der Waals surface area contributed by atoms with Gasteiger partial charge in [0.05, 0.1) is 19.3 Å². The number of ether oxygens (including phenoxy) is 1. The quantitative estimate of drug-likeness (QED) is 0.828. The average molecular weight is 293 g/mol. The van der Waals surface area contributed by atoms with Gasteiger partial charge >= 0.3 is 0 Å². The van der Waals surface area contributed by atoms with Crippen LogP contribution >= 0.6 is 0 Å².